The van der Waals surface area contributed by atoms with E-state index >= 15 is 0 Å². The molecule has 0 aliphatic rings. The molecule has 2 aromatic rings. The van der Waals surface area contributed by atoms with E-state index in [1.54, 1.807) is 0 Å². The molecular formula is C14H15ClN2O. The van der Waals surface area contributed by atoms with E-state index in [0.29, 0.717) is 11.0 Å². The summed E-state index contributed by atoms with van der Waals surface area (Å²) in [4.78, 5) is 8.15. The summed E-state index contributed by atoms with van der Waals surface area (Å²) >= 11 is 6.08. The minimum absolute atomic E-state index is 0.208. The van der Waals surface area contributed by atoms with Gasteiger partial charge >= 0.3 is 0 Å². The van der Waals surface area contributed by atoms with E-state index in [0.717, 1.165) is 11.3 Å². The number of hydrogen-bond donors (Lipinski definition) is 0. The maximum atomic E-state index is 6.08. The van der Waals surface area contributed by atoms with Gasteiger partial charge in [-0.15, -0.1) is 0 Å². The van der Waals surface area contributed by atoms with Crippen LogP contribution in [0.2, 0.25) is 5.15 Å². The second-order valence-corrected chi connectivity index (χ2v) is 4.81. The summed E-state index contributed by atoms with van der Waals surface area (Å²) in [5.74, 6) is 1.48. The Morgan fingerprint density at radius 3 is 2.39 bits per heavy atom. The highest BCUT2D eigenvalue weighted by molar-refractivity contribution is 6.30. The zero-order valence-electron chi connectivity index (χ0n) is 10.6. The Kier molecular flexibility index (Phi) is 3.82. The van der Waals surface area contributed by atoms with Gasteiger partial charge in [0.05, 0.1) is 5.56 Å². The van der Waals surface area contributed by atoms with Gasteiger partial charge in [-0.3, -0.25) is 0 Å². The van der Waals surface area contributed by atoms with Crippen molar-refractivity contribution in [1.82, 2.24) is 9.97 Å². The number of rotatable bonds is 3. The molecule has 1 aromatic heterocycles. The lowest BCUT2D eigenvalue weighted by Gasteiger charge is -2.13. The van der Waals surface area contributed by atoms with Crippen LogP contribution in [0.1, 0.15) is 30.9 Å². The van der Waals surface area contributed by atoms with Crippen molar-refractivity contribution in [3.8, 4) is 11.6 Å². The summed E-state index contributed by atoms with van der Waals surface area (Å²) < 4.78 is 5.77. The van der Waals surface area contributed by atoms with E-state index in [1.165, 1.54) is 11.9 Å². The molecule has 94 valence electrons. The molecule has 0 saturated carbocycles. The van der Waals surface area contributed by atoms with E-state index < -0.39 is 0 Å². The van der Waals surface area contributed by atoms with Crippen LogP contribution in [0, 0.1) is 6.92 Å². The summed E-state index contributed by atoms with van der Waals surface area (Å²) in [6, 6.07) is 7.81. The average Bonchev–Trinajstić information content (AvgIpc) is 2.32. The standard InChI is InChI=1S/C14H15ClN2O/c1-9(2)12-13(15)16-8-17-14(12)18-11-6-4-10(3)5-7-11/h4-9H,1-3H3. The zero-order chi connectivity index (χ0) is 13.1. The molecule has 0 N–H and O–H groups in total. The Hall–Kier alpha value is -1.61. The number of benzene rings is 1. The molecule has 1 aromatic carbocycles. The molecule has 4 heteroatoms. The van der Waals surface area contributed by atoms with Crippen molar-refractivity contribution in [1.29, 1.82) is 0 Å². The summed E-state index contributed by atoms with van der Waals surface area (Å²) in [5.41, 5.74) is 2.02. The lowest BCUT2D eigenvalue weighted by molar-refractivity contribution is 0.451. The maximum Gasteiger partial charge on any atom is 0.227 e. The molecule has 18 heavy (non-hydrogen) atoms. The number of nitrogens with zero attached hydrogens (tertiary/aromatic N) is 2. The molecule has 0 fully saturated rings. The zero-order valence-corrected chi connectivity index (χ0v) is 11.4. The Morgan fingerprint density at radius 1 is 1.11 bits per heavy atom. The largest absolute Gasteiger partial charge is 0.439 e. The van der Waals surface area contributed by atoms with E-state index in [2.05, 4.69) is 9.97 Å². The summed E-state index contributed by atoms with van der Waals surface area (Å²) in [6.45, 7) is 6.10. The van der Waals surface area contributed by atoms with E-state index in [4.69, 9.17) is 16.3 Å². The van der Waals surface area contributed by atoms with E-state index in [9.17, 15) is 0 Å². The highest BCUT2D eigenvalue weighted by Crippen LogP contribution is 2.32. The molecule has 0 amide bonds. The first-order valence-corrected chi connectivity index (χ1v) is 6.20. The van der Waals surface area contributed by atoms with Crippen molar-refractivity contribution < 1.29 is 4.74 Å². The molecule has 0 bridgehead atoms. The molecule has 0 unspecified atom stereocenters. The first-order valence-electron chi connectivity index (χ1n) is 5.83. The topological polar surface area (TPSA) is 35.0 Å². The predicted octanol–water partition coefficient (Wildman–Crippen LogP) is 4.35. The molecule has 0 aliphatic carbocycles. The highest BCUT2D eigenvalue weighted by atomic mass is 35.5. The van der Waals surface area contributed by atoms with E-state index in [-0.39, 0.29) is 5.92 Å². The molecular weight excluding hydrogens is 248 g/mol. The second kappa shape index (κ2) is 5.36. The summed E-state index contributed by atoms with van der Waals surface area (Å²) in [6.07, 6.45) is 1.41. The lowest BCUT2D eigenvalue weighted by Crippen LogP contribution is -1.99. The Balaban J connectivity index is 2.34. The van der Waals surface area contributed by atoms with E-state index in [1.807, 2.05) is 45.0 Å². The van der Waals surface area contributed by atoms with Crippen molar-refractivity contribution in [3.05, 3.63) is 46.9 Å². The van der Waals surface area contributed by atoms with Crippen molar-refractivity contribution >= 4 is 11.6 Å². The Morgan fingerprint density at radius 2 is 1.78 bits per heavy atom. The van der Waals surface area contributed by atoms with Crippen molar-refractivity contribution in [2.75, 3.05) is 0 Å². The van der Waals surface area contributed by atoms with Crippen LogP contribution in [-0.2, 0) is 0 Å². The highest BCUT2D eigenvalue weighted by Gasteiger charge is 2.15. The van der Waals surface area contributed by atoms with Crippen LogP contribution in [0.5, 0.6) is 11.6 Å². The fourth-order valence-electron chi connectivity index (χ4n) is 1.64. The third-order valence-electron chi connectivity index (χ3n) is 2.61. The molecule has 0 aliphatic heterocycles. The van der Waals surface area contributed by atoms with Crippen LogP contribution in [-0.4, -0.2) is 9.97 Å². The van der Waals surface area contributed by atoms with Gasteiger partial charge in [0, 0.05) is 0 Å². The van der Waals surface area contributed by atoms with Crippen molar-refractivity contribution in [2.24, 2.45) is 0 Å². The van der Waals surface area contributed by atoms with Crippen LogP contribution < -0.4 is 4.74 Å². The number of ether oxygens (including phenoxy) is 1. The summed E-state index contributed by atoms with van der Waals surface area (Å²) in [5, 5.41) is 0.446. The van der Waals surface area contributed by atoms with Gasteiger partial charge < -0.3 is 4.74 Å². The quantitative estimate of drug-likeness (QED) is 0.771. The van der Waals surface area contributed by atoms with Gasteiger partial charge in [0.2, 0.25) is 5.88 Å². The molecule has 3 nitrogen and oxygen atoms in total. The molecule has 2 rings (SSSR count). The normalized spacial score (nSPS) is 10.7. The van der Waals surface area contributed by atoms with Gasteiger partial charge in [0.25, 0.3) is 0 Å². The van der Waals surface area contributed by atoms with Crippen LogP contribution in [0.25, 0.3) is 0 Å². The number of hydrogen-bond acceptors (Lipinski definition) is 3. The van der Waals surface area contributed by atoms with Gasteiger partial charge in [-0.1, -0.05) is 43.1 Å². The van der Waals surface area contributed by atoms with Crippen molar-refractivity contribution in [2.45, 2.75) is 26.7 Å². The van der Waals surface area contributed by atoms with Crippen LogP contribution >= 0.6 is 11.6 Å². The molecule has 0 spiro atoms. The number of aromatic nitrogens is 2. The first-order chi connectivity index (χ1) is 8.58. The fraction of sp³-hybridized carbons (Fsp3) is 0.286. The third kappa shape index (κ3) is 2.79. The van der Waals surface area contributed by atoms with Gasteiger partial charge in [-0.25, -0.2) is 9.97 Å². The molecule has 0 radical (unpaired) electrons. The van der Waals surface area contributed by atoms with Gasteiger partial charge in [-0.05, 0) is 25.0 Å². The Bertz CT molecular complexity index is 538. The minimum atomic E-state index is 0.208. The number of halogens is 1. The second-order valence-electron chi connectivity index (χ2n) is 4.45. The van der Waals surface area contributed by atoms with Crippen molar-refractivity contribution in [3.63, 3.8) is 0 Å². The molecule has 0 saturated heterocycles. The maximum absolute atomic E-state index is 6.08. The fourth-order valence-corrected chi connectivity index (χ4v) is 1.99. The lowest BCUT2D eigenvalue weighted by atomic mass is 10.1. The van der Waals surface area contributed by atoms with Gasteiger partial charge in [-0.2, -0.15) is 0 Å². The van der Waals surface area contributed by atoms with Crippen LogP contribution in [0.15, 0.2) is 30.6 Å². The average molecular weight is 263 g/mol. The summed E-state index contributed by atoms with van der Waals surface area (Å²) in [7, 11) is 0. The third-order valence-corrected chi connectivity index (χ3v) is 2.91. The first kappa shape index (κ1) is 12.8. The molecule has 1 heterocycles. The Labute approximate surface area is 112 Å². The van der Waals surface area contributed by atoms with Crippen LogP contribution in [0.4, 0.5) is 0 Å². The monoisotopic (exact) mass is 262 g/mol. The number of aryl methyl sites for hydroxylation is 1. The predicted molar refractivity (Wildman–Crippen MR) is 72.4 cm³/mol. The van der Waals surface area contributed by atoms with Gasteiger partial charge in [0.1, 0.15) is 17.2 Å². The smallest absolute Gasteiger partial charge is 0.227 e. The van der Waals surface area contributed by atoms with Gasteiger partial charge in [0.15, 0.2) is 0 Å². The minimum Gasteiger partial charge on any atom is -0.439 e. The SMILES string of the molecule is Cc1ccc(Oc2ncnc(Cl)c2C(C)C)cc1. The van der Waals surface area contributed by atoms with Crippen LogP contribution in [0.3, 0.4) is 0 Å². The molecule has 0 atom stereocenters.